The molecule has 0 saturated heterocycles. The Balaban J connectivity index is 0. The van der Waals surface area contributed by atoms with Gasteiger partial charge in [-0.05, 0) is 0 Å². The second-order valence-electron chi connectivity index (χ2n) is 0.589. The van der Waals surface area contributed by atoms with Gasteiger partial charge in [-0.3, -0.25) is 0 Å². The zero-order chi connectivity index (χ0) is 4.12. The minimum atomic E-state index is 0. The van der Waals surface area contributed by atoms with Gasteiger partial charge in [0.05, 0.1) is 0 Å². The van der Waals surface area contributed by atoms with Crippen LogP contribution in [0.5, 0.6) is 0 Å². The van der Waals surface area contributed by atoms with E-state index in [1.54, 1.807) is 34.7 Å². The van der Waals surface area contributed by atoms with Crippen LogP contribution in [-0.2, 0) is 50.8 Å². The van der Waals surface area contributed by atoms with E-state index in [-0.39, 0.29) is 42.0 Å². The van der Waals surface area contributed by atoms with Crippen molar-refractivity contribution in [3.8, 4) is 0 Å². The van der Waals surface area contributed by atoms with Crippen LogP contribution in [0.2, 0.25) is 0 Å². The standard InChI is InChI=1S/In.2P.3Zn.3H. The van der Waals surface area contributed by atoms with E-state index in [4.69, 9.17) is 0 Å². The van der Waals surface area contributed by atoms with Crippen LogP contribution in [0.1, 0.15) is 0 Å². The van der Waals surface area contributed by atoms with Crippen molar-refractivity contribution in [1.29, 1.82) is 0 Å². The van der Waals surface area contributed by atoms with Crippen molar-refractivity contribution >= 4 is 35.4 Å². The van der Waals surface area contributed by atoms with Crippen LogP contribution in [-0.4, -0.2) is 25.8 Å². The number of rotatable bonds is 2. The molecule has 0 N–H and O–H groups in total. The zero-order valence-corrected chi connectivity index (χ0v) is 13.7. The maximum absolute atomic E-state index is 1.86. The van der Waals surface area contributed by atoms with Crippen LogP contribution in [0.15, 0.2) is 0 Å². The van der Waals surface area contributed by atoms with Crippen molar-refractivity contribution in [1.82, 2.24) is 0 Å². The molecule has 0 aromatic carbocycles. The summed E-state index contributed by atoms with van der Waals surface area (Å²) < 4.78 is 0. The first-order valence-electron chi connectivity index (χ1n) is 1.26. The average Bonchev–Trinajstić information content (AvgIpc) is 1.41. The van der Waals surface area contributed by atoms with Crippen LogP contribution in [0.4, 0.5) is 0 Å². The molecule has 0 aromatic heterocycles. The van der Waals surface area contributed by atoms with Crippen LogP contribution in [0, 0.1) is 0 Å². The van der Waals surface area contributed by atoms with E-state index in [2.05, 4.69) is 0 Å². The summed E-state index contributed by atoms with van der Waals surface area (Å²) in [7, 11) is 0. The van der Waals surface area contributed by atoms with E-state index < -0.39 is 0 Å². The van der Waals surface area contributed by atoms with Gasteiger partial charge in [0.2, 0.25) is 0 Å². The SMILES string of the molecule is [InH3].[Zn]=[P][Zn][P]=[Zn]. The van der Waals surface area contributed by atoms with Crippen molar-refractivity contribution in [2.45, 2.75) is 0 Å². The fourth-order valence-corrected chi connectivity index (χ4v) is 89.3. The molecule has 6 heavy (non-hydrogen) atoms. The molecule has 22 valence electrons. The Morgan fingerprint density at radius 3 is 1.50 bits per heavy atom. The molecule has 0 fully saturated rings. The molecule has 0 aromatic rings. The molecule has 0 aliphatic heterocycles. The molecule has 0 bridgehead atoms. The molecule has 0 saturated carbocycles. The van der Waals surface area contributed by atoms with Crippen molar-refractivity contribution < 1.29 is 50.8 Å². The topological polar surface area (TPSA) is 0 Å². The van der Waals surface area contributed by atoms with Gasteiger partial charge in [-0.15, -0.1) is 0 Å². The van der Waals surface area contributed by atoms with E-state index in [0.717, 1.165) is 0 Å². The third-order valence-electron chi connectivity index (χ3n) is 0.200. The van der Waals surface area contributed by atoms with Gasteiger partial charge in [0.25, 0.3) is 0 Å². The first kappa shape index (κ1) is 12.1. The van der Waals surface area contributed by atoms with E-state index in [0.29, 0.717) is 0 Å². The van der Waals surface area contributed by atoms with Crippen LogP contribution in [0.25, 0.3) is 0 Å². The second-order valence-corrected chi connectivity index (χ2v) is 42.8. The zero-order valence-electron chi connectivity index (χ0n) is 3.02. The average molecular weight is 376 g/mol. The Labute approximate surface area is 84.6 Å². The molecule has 0 aliphatic carbocycles. The minimum absolute atomic E-state index is 0. The summed E-state index contributed by atoms with van der Waals surface area (Å²) in [5.41, 5.74) is 0. The summed E-state index contributed by atoms with van der Waals surface area (Å²) >= 11 is 3.25. The van der Waals surface area contributed by atoms with Crippen molar-refractivity contribution in [2.24, 2.45) is 0 Å². The van der Waals surface area contributed by atoms with E-state index in [1.165, 1.54) is 0 Å². The fourth-order valence-electron chi connectivity index (χ4n) is 0.0707. The van der Waals surface area contributed by atoms with Gasteiger partial charge in [0.1, 0.15) is 0 Å². The molecule has 0 spiro atoms. The van der Waals surface area contributed by atoms with Crippen LogP contribution < -0.4 is 0 Å². The molecule has 0 amide bonds. The van der Waals surface area contributed by atoms with E-state index in [1.807, 2.05) is 9.58 Å². The summed E-state index contributed by atoms with van der Waals surface area (Å²) in [6.45, 7) is 0. The summed E-state index contributed by atoms with van der Waals surface area (Å²) in [6, 6.07) is 0. The van der Waals surface area contributed by atoms with Gasteiger partial charge in [-0.2, -0.15) is 0 Å². The molecule has 0 nitrogen and oxygen atoms in total. The predicted molar refractivity (Wildman–Crippen MR) is 23.8 cm³/mol. The summed E-state index contributed by atoms with van der Waals surface area (Å²) in [4.78, 5) is 3.72. The Bertz CT molecular complexity index is 38.1. The summed E-state index contributed by atoms with van der Waals surface area (Å²) in [5.74, 6) is 0. The predicted octanol–water partition coefficient (Wildman–Crippen LogP) is 0.531. The fraction of sp³-hybridized carbons (Fsp3) is 0. The van der Waals surface area contributed by atoms with Crippen molar-refractivity contribution in [3.63, 3.8) is 0 Å². The molecule has 6 heteroatoms. The Morgan fingerprint density at radius 2 is 1.50 bits per heavy atom. The molecular formula is H3InP2Zn3. The van der Waals surface area contributed by atoms with Gasteiger partial charge >= 0.3 is 86.3 Å². The summed E-state index contributed by atoms with van der Waals surface area (Å²) in [5, 5.41) is 0. The second kappa shape index (κ2) is 11.2. The van der Waals surface area contributed by atoms with Gasteiger partial charge in [0.15, 0.2) is 0 Å². The van der Waals surface area contributed by atoms with Gasteiger partial charge in [-0.25, -0.2) is 0 Å². The van der Waals surface area contributed by atoms with E-state index in [9.17, 15) is 0 Å². The van der Waals surface area contributed by atoms with E-state index >= 15 is 0 Å². The molecule has 0 unspecified atom stereocenters. The monoisotopic (exact) mass is 372 g/mol. The quantitative estimate of drug-likeness (QED) is 0.488. The molecule has 0 heterocycles. The molecular weight excluding hydrogens is 373 g/mol. The van der Waals surface area contributed by atoms with Crippen LogP contribution >= 0.6 is 9.58 Å². The van der Waals surface area contributed by atoms with Crippen molar-refractivity contribution in [2.75, 3.05) is 0 Å². The number of hydrogen-bond acceptors (Lipinski definition) is 0. The molecule has 0 radical (unpaired) electrons. The number of hydrogen-bond donors (Lipinski definition) is 0. The van der Waals surface area contributed by atoms with Gasteiger partial charge in [-0.1, -0.05) is 0 Å². The summed E-state index contributed by atoms with van der Waals surface area (Å²) in [6.07, 6.45) is 0. The molecule has 0 aliphatic rings. The first-order chi connectivity index (χ1) is 2.41. The third-order valence-corrected chi connectivity index (χ3v) is 48.6. The first-order valence-corrected chi connectivity index (χ1v) is 19.7. The third kappa shape index (κ3) is 10.3. The normalized spacial score (nSPS) is 7.33. The molecule has 0 rings (SSSR count). The Morgan fingerprint density at radius 1 is 1.17 bits per heavy atom. The van der Waals surface area contributed by atoms with Gasteiger partial charge in [0, 0.05) is 0 Å². The Hall–Kier alpha value is 3.34. The maximum atomic E-state index is 1.86. The molecule has 0 atom stereocenters. The Kier molecular flexibility index (Phi) is 22.5. The van der Waals surface area contributed by atoms with Gasteiger partial charge < -0.3 is 0 Å². The van der Waals surface area contributed by atoms with Crippen molar-refractivity contribution in [3.05, 3.63) is 0 Å². The van der Waals surface area contributed by atoms with Crippen LogP contribution in [0.3, 0.4) is 0 Å².